The van der Waals surface area contributed by atoms with Gasteiger partial charge in [-0.3, -0.25) is 14.4 Å². The molecule has 0 rings (SSSR count). The van der Waals surface area contributed by atoms with Crippen LogP contribution in [0.1, 0.15) is 291 Å². The molecule has 0 aromatic heterocycles. The molecule has 0 aliphatic carbocycles. The predicted molar refractivity (Wildman–Crippen MR) is 247 cm³/mol. The summed E-state index contributed by atoms with van der Waals surface area (Å²) in [5.41, 5.74) is 0. The van der Waals surface area contributed by atoms with Gasteiger partial charge in [-0.15, -0.1) is 0 Å². The van der Waals surface area contributed by atoms with Crippen molar-refractivity contribution in [1.82, 2.24) is 0 Å². The summed E-state index contributed by atoms with van der Waals surface area (Å²) >= 11 is 0. The standard InChI is InChI=1S/C52H98O6/c1-4-7-10-13-16-19-22-25-28-31-34-37-40-43-46-52(55)58-49(47-56-50(53)44-41-38-35-32-29-26-23-20-17-14-11-8-5-2)48-57-51(54)45-42-39-36-33-30-27-24-21-18-15-12-9-6-3/h19,22,49H,4-18,20-21,23-48H2,1-3H3/b22-19-/i47D2,48D2,49D. The monoisotopic (exact) mass is 824 g/mol. The Labute approximate surface area is 368 Å². The van der Waals surface area contributed by atoms with E-state index in [1.165, 1.54) is 128 Å². The quantitative estimate of drug-likeness (QED) is 0.0263. The molecule has 0 fully saturated rings. The molecule has 342 valence electrons. The number of hydrogen-bond acceptors (Lipinski definition) is 6. The zero-order valence-corrected chi connectivity index (χ0v) is 38.6. The van der Waals surface area contributed by atoms with Crippen molar-refractivity contribution in [3.63, 3.8) is 0 Å². The van der Waals surface area contributed by atoms with Crippen LogP contribution in [0.15, 0.2) is 12.2 Å². The fraction of sp³-hybridized carbons (Fsp3) is 0.904. The molecule has 0 bridgehead atoms. The van der Waals surface area contributed by atoms with Crippen molar-refractivity contribution in [2.24, 2.45) is 0 Å². The molecule has 6 nitrogen and oxygen atoms in total. The van der Waals surface area contributed by atoms with Crippen molar-refractivity contribution in [3.8, 4) is 0 Å². The summed E-state index contributed by atoms with van der Waals surface area (Å²) in [6.45, 7) is -0.213. The van der Waals surface area contributed by atoms with Gasteiger partial charge in [0.25, 0.3) is 0 Å². The molecule has 0 N–H and O–H groups in total. The Kier molecular flexibility index (Phi) is 38.9. The molecule has 0 spiro atoms. The highest BCUT2D eigenvalue weighted by molar-refractivity contribution is 5.71. The van der Waals surface area contributed by atoms with E-state index in [0.717, 1.165) is 96.3 Å². The van der Waals surface area contributed by atoms with Crippen molar-refractivity contribution < 1.29 is 35.4 Å². The van der Waals surface area contributed by atoms with Crippen LogP contribution >= 0.6 is 0 Å². The van der Waals surface area contributed by atoms with Gasteiger partial charge in [-0.05, 0) is 44.9 Å². The molecule has 0 saturated heterocycles. The highest BCUT2D eigenvalue weighted by Crippen LogP contribution is 2.16. The van der Waals surface area contributed by atoms with Crippen LogP contribution in [0.5, 0.6) is 0 Å². The van der Waals surface area contributed by atoms with Gasteiger partial charge in [0.15, 0.2) is 6.08 Å². The van der Waals surface area contributed by atoms with Crippen molar-refractivity contribution in [1.29, 1.82) is 0 Å². The Morgan fingerprint density at radius 1 is 0.379 bits per heavy atom. The molecule has 0 aromatic carbocycles. The van der Waals surface area contributed by atoms with Crippen LogP contribution in [0.2, 0.25) is 0 Å². The second kappa shape index (κ2) is 47.8. The van der Waals surface area contributed by atoms with Crippen LogP contribution < -0.4 is 0 Å². The van der Waals surface area contributed by atoms with E-state index in [1.807, 2.05) is 0 Å². The first-order valence-electron chi connectivity index (χ1n) is 27.7. The van der Waals surface area contributed by atoms with E-state index in [4.69, 9.17) is 21.1 Å². The van der Waals surface area contributed by atoms with E-state index >= 15 is 0 Å². The highest BCUT2D eigenvalue weighted by Gasteiger charge is 2.19. The van der Waals surface area contributed by atoms with Crippen LogP contribution in [0.25, 0.3) is 0 Å². The van der Waals surface area contributed by atoms with Gasteiger partial charge >= 0.3 is 17.9 Å². The van der Waals surface area contributed by atoms with Gasteiger partial charge in [-0.25, -0.2) is 0 Å². The van der Waals surface area contributed by atoms with E-state index in [-0.39, 0.29) is 19.3 Å². The van der Waals surface area contributed by atoms with Crippen LogP contribution in [0.4, 0.5) is 0 Å². The smallest absolute Gasteiger partial charge is 0.306 e. The summed E-state index contributed by atoms with van der Waals surface area (Å²) in [5, 5.41) is 0. The lowest BCUT2D eigenvalue weighted by Crippen LogP contribution is -2.30. The van der Waals surface area contributed by atoms with Crippen molar-refractivity contribution in [3.05, 3.63) is 12.2 Å². The van der Waals surface area contributed by atoms with E-state index in [9.17, 15) is 14.4 Å². The molecule has 0 atom stereocenters. The number of rotatable bonds is 47. The molecule has 58 heavy (non-hydrogen) atoms. The number of ether oxygens (including phenoxy) is 3. The molecule has 0 aromatic rings. The Morgan fingerprint density at radius 3 is 0.931 bits per heavy atom. The molecule has 0 radical (unpaired) electrons. The number of unbranched alkanes of at least 4 members (excludes halogenated alkanes) is 34. The summed E-state index contributed by atoms with van der Waals surface area (Å²) in [6, 6.07) is 0. The maximum atomic E-state index is 13.1. The molecule has 0 unspecified atom stereocenters. The van der Waals surface area contributed by atoms with Crippen LogP contribution in [0.3, 0.4) is 0 Å². The Balaban J connectivity index is 5.02. The summed E-state index contributed by atoms with van der Waals surface area (Å²) in [5.74, 6) is -2.94. The lowest BCUT2D eigenvalue weighted by Gasteiger charge is -2.18. The van der Waals surface area contributed by atoms with E-state index in [0.29, 0.717) is 19.3 Å². The van der Waals surface area contributed by atoms with Gasteiger partial charge < -0.3 is 14.2 Å². The Morgan fingerprint density at radius 2 is 0.621 bits per heavy atom. The lowest BCUT2D eigenvalue weighted by atomic mass is 10.0. The molecule has 6 heteroatoms. The molecule has 0 saturated carbocycles. The molecule has 0 heterocycles. The summed E-state index contributed by atoms with van der Waals surface area (Å²) in [7, 11) is 0. The van der Waals surface area contributed by atoms with Gasteiger partial charge in [0.05, 0.1) is 6.85 Å². The predicted octanol–water partition coefficient (Wildman–Crippen LogP) is 16.6. The summed E-state index contributed by atoms with van der Waals surface area (Å²) < 4.78 is 58.7. The first-order chi connectivity index (χ1) is 30.4. The third kappa shape index (κ3) is 45.2. The van der Waals surface area contributed by atoms with Crippen molar-refractivity contribution >= 4 is 17.9 Å². The Hall–Kier alpha value is -1.85. The van der Waals surface area contributed by atoms with Gasteiger partial charge in [-0.1, -0.05) is 232 Å². The number of allylic oxidation sites excluding steroid dienone is 2. The highest BCUT2D eigenvalue weighted by atomic mass is 16.6. The van der Waals surface area contributed by atoms with Crippen molar-refractivity contribution in [2.45, 2.75) is 290 Å². The number of carbonyl (C=O) groups excluding carboxylic acids is 3. The summed E-state index contributed by atoms with van der Waals surface area (Å²) in [6.07, 6.45) is 42.3. The number of esters is 3. The Bertz CT molecular complexity index is 1060. The summed E-state index contributed by atoms with van der Waals surface area (Å²) in [4.78, 5) is 38.9. The van der Waals surface area contributed by atoms with E-state index < -0.39 is 37.1 Å². The minimum atomic E-state index is -3.49. The van der Waals surface area contributed by atoms with E-state index in [1.54, 1.807) is 0 Å². The number of carbonyl (C=O) groups is 3. The normalized spacial score (nSPS) is 13.5. The van der Waals surface area contributed by atoms with E-state index in [2.05, 4.69) is 32.9 Å². The molecule has 0 amide bonds. The minimum absolute atomic E-state index is 0.127. The fourth-order valence-corrected chi connectivity index (χ4v) is 7.27. The molecule has 0 aliphatic heterocycles. The SMILES string of the molecule is [2H]C([2H])(OC(=O)CCCCCCCCCCCCCCC)C([2H])(OC(=O)CCCCCCCC/C=C\CCCCCC)C([2H])([2H])OC(=O)CCCCCCCCCCCCCCC. The maximum Gasteiger partial charge on any atom is 0.306 e. The zero-order valence-electron chi connectivity index (χ0n) is 43.6. The third-order valence-corrected chi connectivity index (χ3v) is 11.1. The van der Waals surface area contributed by atoms with Gasteiger partial charge in [-0.2, -0.15) is 0 Å². The van der Waals surface area contributed by atoms with Crippen LogP contribution in [-0.4, -0.2) is 37.1 Å². The topological polar surface area (TPSA) is 78.9 Å². The van der Waals surface area contributed by atoms with Crippen LogP contribution in [-0.2, 0) is 28.6 Å². The second-order valence-corrected chi connectivity index (χ2v) is 16.9. The minimum Gasteiger partial charge on any atom is -0.462 e. The zero-order chi connectivity index (χ0) is 46.8. The third-order valence-electron chi connectivity index (χ3n) is 11.1. The average Bonchev–Trinajstić information content (AvgIpc) is 3.23. The van der Waals surface area contributed by atoms with Crippen LogP contribution in [0, 0.1) is 0 Å². The van der Waals surface area contributed by atoms with Gasteiger partial charge in [0, 0.05) is 19.3 Å². The molecular weight excluding hydrogens is 721 g/mol. The fourth-order valence-electron chi connectivity index (χ4n) is 7.27. The second-order valence-electron chi connectivity index (χ2n) is 16.9. The van der Waals surface area contributed by atoms with Gasteiger partial charge in [0.2, 0.25) is 0 Å². The molecule has 0 aliphatic rings. The largest absolute Gasteiger partial charge is 0.462 e. The first-order valence-corrected chi connectivity index (χ1v) is 25.2. The van der Waals surface area contributed by atoms with Gasteiger partial charge in [0.1, 0.15) is 13.1 Å². The first kappa shape index (κ1) is 47.2. The maximum absolute atomic E-state index is 13.1. The average molecular weight is 824 g/mol. The van der Waals surface area contributed by atoms with Crippen molar-refractivity contribution in [2.75, 3.05) is 13.1 Å². The number of hydrogen-bond donors (Lipinski definition) is 0. The lowest BCUT2D eigenvalue weighted by molar-refractivity contribution is -0.167. The molecular formula is C52H98O6.